The molecule has 1 rings (SSSR count). The van der Waals surface area contributed by atoms with E-state index in [1.165, 1.54) is 0 Å². The molecule has 7 heteroatoms. The smallest absolute Gasteiger partial charge is 0.237 e. The number of carbonyl (C=O) groups is 1. The molecular weight excluding hydrogens is 274 g/mol. The molecule has 1 amide bonds. The third-order valence-electron chi connectivity index (χ3n) is 4.06. The molecule has 7 nitrogen and oxygen atoms in total. The molecule has 0 spiro atoms. The molecule has 0 aromatic carbocycles. The van der Waals surface area contributed by atoms with Gasteiger partial charge in [0.2, 0.25) is 5.91 Å². The van der Waals surface area contributed by atoms with Crippen molar-refractivity contribution in [1.29, 1.82) is 0 Å². The van der Waals surface area contributed by atoms with Crippen molar-refractivity contribution in [2.24, 2.45) is 16.3 Å². The van der Waals surface area contributed by atoms with Crippen LogP contribution in [0.3, 0.4) is 0 Å². The first-order valence-electron chi connectivity index (χ1n) is 7.55. The maximum atomic E-state index is 13.1. The van der Waals surface area contributed by atoms with E-state index < -0.39 is 5.41 Å². The highest BCUT2D eigenvalue weighted by atomic mass is 16.5. The Morgan fingerprint density at radius 3 is 2.52 bits per heavy atom. The van der Waals surface area contributed by atoms with Crippen LogP contribution >= 0.6 is 0 Å². The van der Waals surface area contributed by atoms with Crippen LogP contribution < -0.4 is 5.73 Å². The number of hydrogen-bond acceptors (Lipinski definition) is 5. The van der Waals surface area contributed by atoms with E-state index in [4.69, 9.17) is 15.7 Å². The van der Waals surface area contributed by atoms with Crippen LogP contribution in [0, 0.1) is 5.41 Å². The Balaban J connectivity index is 3.13. The number of hydrogen-bond donors (Lipinski definition) is 3. The number of carbonyl (C=O) groups excluding carboxylic acids is 1. The molecule has 21 heavy (non-hydrogen) atoms. The van der Waals surface area contributed by atoms with Crippen molar-refractivity contribution in [3.8, 4) is 0 Å². The second-order valence-corrected chi connectivity index (χ2v) is 5.48. The number of amides is 1. The van der Waals surface area contributed by atoms with Crippen LogP contribution in [0.5, 0.6) is 0 Å². The summed E-state index contributed by atoms with van der Waals surface area (Å²) in [5.41, 5.74) is 4.88. The largest absolute Gasteiger partial charge is 0.409 e. The molecule has 0 bridgehead atoms. The number of nitrogens with two attached hydrogens (primary N) is 1. The molecule has 1 heterocycles. The van der Waals surface area contributed by atoms with Gasteiger partial charge in [0.25, 0.3) is 0 Å². The van der Waals surface area contributed by atoms with Crippen molar-refractivity contribution in [3.63, 3.8) is 0 Å². The highest BCUT2D eigenvalue weighted by Gasteiger charge is 2.46. The van der Waals surface area contributed by atoms with Crippen LogP contribution in [-0.4, -0.2) is 59.4 Å². The van der Waals surface area contributed by atoms with Gasteiger partial charge in [0.15, 0.2) is 5.84 Å². The van der Waals surface area contributed by atoms with Crippen LogP contribution in [-0.2, 0) is 9.53 Å². The molecule has 0 radical (unpaired) electrons. The van der Waals surface area contributed by atoms with Gasteiger partial charge < -0.3 is 25.7 Å². The zero-order valence-electron chi connectivity index (χ0n) is 12.9. The number of ether oxygens (including phenoxy) is 1. The highest BCUT2D eigenvalue weighted by Crippen LogP contribution is 2.34. The highest BCUT2D eigenvalue weighted by molar-refractivity contribution is 6.06. The molecule has 1 saturated heterocycles. The normalized spacial score (nSPS) is 20.6. The maximum absolute atomic E-state index is 13.1. The van der Waals surface area contributed by atoms with Crippen LogP contribution in [0.15, 0.2) is 5.16 Å². The van der Waals surface area contributed by atoms with Gasteiger partial charge in [-0.2, -0.15) is 0 Å². The standard InChI is InChI=1S/C14H27N3O4/c1-3-5-14(6-4-2,12(15)16-20)13(19)17-7-8-21-10-11(17)9-18/h11,18,20H,3-10H2,1-2H3,(H2,15,16). The Kier molecular flexibility index (Phi) is 6.91. The van der Waals surface area contributed by atoms with Crippen molar-refractivity contribution in [2.75, 3.05) is 26.4 Å². The van der Waals surface area contributed by atoms with E-state index in [2.05, 4.69) is 5.16 Å². The number of amidine groups is 1. The predicted octanol–water partition coefficient (Wildman–Crippen LogP) is 0.539. The van der Waals surface area contributed by atoms with Gasteiger partial charge in [-0.3, -0.25) is 4.79 Å². The van der Waals surface area contributed by atoms with Gasteiger partial charge in [0.05, 0.1) is 25.9 Å². The molecule has 0 aromatic heterocycles. The number of nitrogens with zero attached hydrogens (tertiary/aromatic N) is 2. The summed E-state index contributed by atoms with van der Waals surface area (Å²) in [6, 6.07) is -0.370. The van der Waals surface area contributed by atoms with Crippen molar-refractivity contribution in [2.45, 2.75) is 45.6 Å². The quantitative estimate of drug-likeness (QED) is 0.275. The minimum absolute atomic E-state index is 0.0422. The number of morpholine rings is 1. The first kappa shape index (κ1) is 17.7. The summed E-state index contributed by atoms with van der Waals surface area (Å²) in [4.78, 5) is 14.7. The van der Waals surface area contributed by atoms with Crippen LogP contribution in [0.2, 0.25) is 0 Å². The van der Waals surface area contributed by atoms with Crippen molar-refractivity contribution >= 4 is 11.7 Å². The van der Waals surface area contributed by atoms with Gasteiger partial charge in [-0.15, -0.1) is 0 Å². The first-order chi connectivity index (χ1) is 10.1. The molecule has 122 valence electrons. The fourth-order valence-electron chi connectivity index (χ4n) is 3.00. The average Bonchev–Trinajstić information content (AvgIpc) is 2.52. The van der Waals surface area contributed by atoms with Gasteiger partial charge in [0.1, 0.15) is 5.41 Å². The van der Waals surface area contributed by atoms with E-state index in [0.717, 1.165) is 12.8 Å². The van der Waals surface area contributed by atoms with Crippen LogP contribution in [0.4, 0.5) is 0 Å². The van der Waals surface area contributed by atoms with E-state index in [-0.39, 0.29) is 24.4 Å². The number of aliphatic hydroxyl groups excluding tert-OH is 1. The zero-order valence-corrected chi connectivity index (χ0v) is 12.9. The summed E-state index contributed by atoms with van der Waals surface area (Å²) in [7, 11) is 0. The number of aliphatic hydroxyl groups is 1. The molecule has 0 aliphatic carbocycles. The second-order valence-electron chi connectivity index (χ2n) is 5.48. The minimum atomic E-state index is -0.997. The zero-order chi connectivity index (χ0) is 15.9. The Labute approximate surface area is 125 Å². The molecule has 0 saturated carbocycles. The summed E-state index contributed by atoms with van der Waals surface area (Å²) in [5.74, 6) is -0.219. The fourth-order valence-corrected chi connectivity index (χ4v) is 3.00. The lowest BCUT2D eigenvalue weighted by Gasteiger charge is -2.41. The Hall–Kier alpha value is -1.34. The minimum Gasteiger partial charge on any atom is -0.409 e. The Morgan fingerprint density at radius 1 is 1.43 bits per heavy atom. The molecular formula is C14H27N3O4. The van der Waals surface area contributed by atoms with Crippen LogP contribution in [0.25, 0.3) is 0 Å². The van der Waals surface area contributed by atoms with Crippen molar-refractivity contribution in [3.05, 3.63) is 0 Å². The molecule has 1 fully saturated rings. The lowest BCUT2D eigenvalue weighted by Crippen LogP contribution is -2.58. The predicted molar refractivity (Wildman–Crippen MR) is 79.1 cm³/mol. The molecule has 0 aromatic rings. The monoisotopic (exact) mass is 301 g/mol. The second kappa shape index (κ2) is 8.19. The van der Waals surface area contributed by atoms with Crippen LogP contribution in [0.1, 0.15) is 39.5 Å². The van der Waals surface area contributed by atoms with Gasteiger partial charge >= 0.3 is 0 Å². The Morgan fingerprint density at radius 2 is 2.05 bits per heavy atom. The molecule has 1 atom stereocenters. The summed E-state index contributed by atoms with van der Waals surface area (Å²) >= 11 is 0. The fraction of sp³-hybridized carbons (Fsp3) is 0.857. The molecule has 1 aliphatic heterocycles. The summed E-state index contributed by atoms with van der Waals surface area (Å²) in [5, 5.41) is 21.7. The summed E-state index contributed by atoms with van der Waals surface area (Å²) in [6.07, 6.45) is 2.53. The third-order valence-corrected chi connectivity index (χ3v) is 4.06. The van der Waals surface area contributed by atoms with E-state index in [1.54, 1.807) is 4.90 Å². The number of oxime groups is 1. The topological polar surface area (TPSA) is 108 Å². The molecule has 1 aliphatic rings. The lowest BCUT2D eigenvalue weighted by molar-refractivity contribution is -0.149. The van der Waals surface area contributed by atoms with Gasteiger partial charge in [-0.1, -0.05) is 31.8 Å². The molecule has 1 unspecified atom stereocenters. The summed E-state index contributed by atoms with van der Waals surface area (Å²) in [6.45, 7) is 4.93. The van der Waals surface area contributed by atoms with Gasteiger partial charge in [-0.25, -0.2) is 0 Å². The maximum Gasteiger partial charge on any atom is 0.237 e. The Bertz CT molecular complexity index is 367. The van der Waals surface area contributed by atoms with E-state index >= 15 is 0 Å². The van der Waals surface area contributed by atoms with E-state index in [1.807, 2.05) is 13.8 Å². The van der Waals surface area contributed by atoms with E-state index in [9.17, 15) is 9.90 Å². The average molecular weight is 301 g/mol. The lowest BCUT2D eigenvalue weighted by atomic mass is 9.76. The van der Waals surface area contributed by atoms with E-state index in [0.29, 0.717) is 32.6 Å². The van der Waals surface area contributed by atoms with Gasteiger partial charge in [0, 0.05) is 6.54 Å². The van der Waals surface area contributed by atoms with Crippen molar-refractivity contribution < 1.29 is 19.8 Å². The third kappa shape index (κ3) is 3.65. The first-order valence-corrected chi connectivity index (χ1v) is 7.55. The van der Waals surface area contributed by atoms with Gasteiger partial charge in [-0.05, 0) is 12.8 Å². The SMILES string of the molecule is CCCC(CCC)(C(=O)N1CCOCC1CO)C(N)=NO. The summed E-state index contributed by atoms with van der Waals surface area (Å²) < 4.78 is 5.31. The number of rotatable bonds is 7. The molecule has 4 N–H and O–H groups in total. The van der Waals surface area contributed by atoms with Crippen molar-refractivity contribution in [1.82, 2.24) is 4.90 Å².